The first-order chi connectivity index (χ1) is 15.1. The summed E-state index contributed by atoms with van der Waals surface area (Å²) in [6, 6.07) is 15.2. The number of hydrogen-bond acceptors (Lipinski definition) is 6. The van der Waals surface area contributed by atoms with E-state index in [0.717, 1.165) is 5.75 Å². The highest BCUT2D eigenvalue weighted by molar-refractivity contribution is 7.99. The molecule has 8 heteroatoms. The second-order valence-electron chi connectivity index (χ2n) is 6.67. The molecule has 0 spiro atoms. The van der Waals surface area contributed by atoms with Crippen molar-refractivity contribution in [2.45, 2.75) is 32.2 Å². The molecule has 0 aliphatic carbocycles. The molecule has 1 heterocycles. The number of aryl methyl sites for hydroxylation is 1. The molecule has 7 nitrogen and oxygen atoms in total. The Morgan fingerprint density at radius 1 is 1.16 bits per heavy atom. The lowest BCUT2D eigenvalue weighted by Gasteiger charge is -2.11. The number of ether oxygens (including phenoxy) is 2. The van der Waals surface area contributed by atoms with Gasteiger partial charge >= 0.3 is 0 Å². The molecular weight excluding hydrogens is 412 g/mol. The van der Waals surface area contributed by atoms with Gasteiger partial charge in [-0.15, -0.1) is 16.8 Å². The van der Waals surface area contributed by atoms with E-state index < -0.39 is 0 Å². The van der Waals surface area contributed by atoms with Gasteiger partial charge in [0, 0.05) is 6.54 Å². The van der Waals surface area contributed by atoms with Crippen molar-refractivity contribution >= 4 is 23.4 Å². The predicted octanol–water partition coefficient (Wildman–Crippen LogP) is 4.48. The minimum Gasteiger partial charge on any atom is -0.492 e. The minimum atomic E-state index is -0.150. The third kappa shape index (κ3) is 6.36. The Labute approximate surface area is 186 Å². The van der Waals surface area contributed by atoms with Gasteiger partial charge in [-0.05, 0) is 38.1 Å². The molecule has 0 aliphatic heterocycles. The lowest BCUT2D eigenvalue weighted by Crippen LogP contribution is -2.15. The maximum Gasteiger partial charge on any atom is 0.234 e. The average molecular weight is 439 g/mol. The Kier molecular flexibility index (Phi) is 8.12. The third-order valence-corrected chi connectivity index (χ3v) is 5.25. The van der Waals surface area contributed by atoms with Crippen molar-refractivity contribution in [1.29, 1.82) is 0 Å². The molecule has 0 fully saturated rings. The van der Waals surface area contributed by atoms with Crippen molar-refractivity contribution in [1.82, 2.24) is 14.8 Å². The normalized spacial score (nSPS) is 10.5. The Bertz CT molecular complexity index is 1020. The number of anilines is 1. The van der Waals surface area contributed by atoms with Gasteiger partial charge in [-0.2, -0.15) is 0 Å². The van der Waals surface area contributed by atoms with Crippen LogP contribution in [0.1, 0.15) is 18.3 Å². The highest BCUT2D eigenvalue weighted by Crippen LogP contribution is 2.25. The van der Waals surface area contributed by atoms with E-state index in [4.69, 9.17) is 9.47 Å². The molecule has 31 heavy (non-hydrogen) atoms. The van der Waals surface area contributed by atoms with E-state index in [1.165, 1.54) is 17.3 Å². The quantitative estimate of drug-likeness (QED) is 0.351. The fourth-order valence-electron chi connectivity index (χ4n) is 2.80. The first-order valence-electron chi connectivity index (χ1n) is 9.97. The maximum atomic E-state index is 12.5. The van der Waals surface area contributed by atoms with Crippen LogP contribution in [0.5, 0.6) is 11.5 Å². The summed E-state index contributed by atoms with van der Waals surface area (Å²) in [5.41, 5.74) is 1.82. The monoisotopic (exact) mass is 438 g/mol. The molecular formula is C23H26N4O3S. The minimum absolute atomic E-state index is 0.150. The van der Waals surface area contributed by atoms with Crippen LogP contribution >= 0.6 is 11.8 Å². The van der Waals surface area contributed by atoms with Crippen LogP contribution < -0.4 is 14.8 Å². The molecule has 3 aromatic rings. The van der Waals surface area contributed by atoms with Crippen molar-refractivity contribution in [2.75, 3.05) is 17.7 Å². The van der Waals surface area contributed by atoms with Gasteiger partial charge in [0.15, 0.2) is 11.0 Å². The number of nitrogens with one attached hydrogen (secondary N) is 1. The summed E-state index contributed by atoms with van der Waals surface area (Å²) in [4.78, 5) is 12.5. The van der Waals surface area contributed by atoms with Gasteiger partial charge in [-0.1, -0.05) is 47.7 Å². The van der Waals surface area contributed by atoms with Gasteiger partial charge in [-0.25, -0.2) is 0 Å². The van der Waals surface area contributed by atoms with Crippen LogP contribution in [0.15, 0.2) is 66.3 Å². The molecule has 0 saturated heterocycles. The number of rotatable bonds is 11. The largest absolute Gasteiger partial charge is 0.492 e. The standard InChI is InChI=1S/C23H26N4O3S/c1-4-14-27-21(15-30-18-12-10-17(3)11-13-18)25-26-23(27)31-16-22(28)24-19-8-6-7-9-20(19)29-5-2/h4,6-13H,1,5,14-16H2,2-3H3,(H,24,28). The Morgan fingerprint density at radius 3 is 2.68 bits per heavy atom. The molecule has 1 N–H and O–H groups in total. The number of para-hydroxylation sites is 2. The molecule has 0 atom stereocenters. The van der Waals surface area contributed by atoms with Gasteiger partial charge in [0.25, 0.3) is 0 Å². The van der Waals surface area contributed by atoms with Gasteiger partial charge in [0.2, 0.25) is 5.91 Å². The summed E-state index contributed by atoms with van der Waals surface area (Å²) in [6.45, 7) is 9.06. The number of allylic oxidation sites excluding steroid dienone is 1. The molecule has 3 rings (SSSR count). The van der Waals surface area contributed by atoms with E-state index >= 15 is 0 Å². The van der Waals surface area contributed by atoms with Crippen molar-refractivity contribution in [2.24, 2.45) is 0 Å². The lowest BCUT2D eigenvalue weighted by molar-refractivity contribution is -0.113. The predicted molar refractivity (Wildman–Crippen MR) is 123 cm³/mol. The molecule has 1 aromatic heterocycles. The number of nitrogens with zero attached hydrogens (tertiary/aromatic N) is 3. The zero-order valence-electron chi connectivity index (χ0n) is 17.7. The number of thioether (sulfide) groups is 1. The maximum absolute atomic E-state index is 12.5. The zero-order chi connectivity index (χ0) is 22.1. The van der Waals surface area contributed by atoms with Gasteiger partial charge in [-0.3, -0.25) is 9.36 Å². The summed E-state index contributed by atoms with van der Waals surface area (Å²) in [5, 5.41) is 12.0. The topological polar surface area (TPSA) is 78.3 Å². The molecule has 0 aliphatic rings. The summed E-state index contributed by atoms with van der Waals surface area (Å²) >= 11 is 1.31. The van der Waals surface area contributed by atoms with Crippen LogP contribution in [0, 0.1) is 6.92 Å². The first kappa shape index (κ1) is 22.4. The summed E-state index contributed by atoms with van der Waals surface area (Å²) < 4.78 is 13.3. The third-order valence-electron chi connectivity index (χ3n) is 4.29. The van der Waals surface area contributed by atoms with Gasteiger partial charge in [0.1, 0.15) is 18.1 Å². The van der Waals surface area contributed by atoms with Crippen LogP contribution in [0.2, 0.25) is 0 Å². The number of aromatic nitrogens is 3. The van der Waals surface area contributed by atoms with Crippen molar-refractivity contribution in [3.63, 3.8) is 0 Å². The highest BCUT2D eigenvalue weighted by atomic mass is 32.2. The van der Waals surface area contributed by atoms with E-state index in [-0.39, 0.29) is 18.3 Å². The Morgan fingerprint density at radius 2 is 1.94 bits per heavy atom. The molecule has 2 aromatic carbocycles. The molecule has 0 saturated carbocycles. The first-order valence-corrected chi connectivity index (χ1v) is 11.0. The smallest absolute Gasteiger partial charge is 0.234 e. The molecule has 162 valence electrons. The molecule has 1 amide bonds. The fourth-order valence-corrected chi connectivity index (χ4v) is 3.56. The van der Waals surface area contributed by atoms with Gasteiger partial charge < -0.3 is 14.8 Å². The van der Waals surface area contributed by atoms with E-state index in [1.54, 1.807) is 6.08 Å². The van der Waals surface area contributed by atoms with Crippen LogP contribution in [-0.4, -0.2) is 33.0 Å². The number of amides is 1. The Hall–Kier alpha value is -3.26. The van der Waals surface area contributed by atoms with E-state index in [0.29, 0.717) is 35.6 Å². The van der Waals surface area contributed by atoms with Crippen molar-refractivity contribution in [3.8, 4) is 11.5 Å². The summed E-state index contributed by atoms with van der Waals surface area (Å²) in [6.07, 6.45) is 1.77. The number of carbonyl (C=O) groups is 1. The SMILES string of the molecule is C=CCn1c(COc2ccc(C)cc2)nnc1SCC(=O)Nc1ccccc1OCC. The number of hydrogen-bond donors (Lipinski definition) is 1. The number of carbonyl (C=O) groups excluding carboxylic acids is 1. The second-order valence-corrected chi connectivity index (χ2v) is 7.61. The van der Waals surface area contributed by atoms with Crippen LogP contribution in [-0.2, 0) is 17.9 Å². The van der Waals surface area contributed by atoms with Crippen molar-refractivity contribution < 1.29 is 14.3 Å². The lowest BCUT2D eigenvalue weighted by atomic mass is 10.2. The fraction of sp³-hybridized carbons (Fsp3) is 0.261. The number of benzene rings is 2. The average Bonchev–Trinajstić information content (AvgIpc) is 3.15. The summed E-state index contributed by atoms with van der Waals surface area (Å²) in [7, 11) is 0. The van der Waals surface area contributed by atoms with E-state index in [1.807, 2.05) is 66.9 Å². The van der Waals surface area contributed by atoms with Crippen LogP contribution in [0.4, 0.5) is 5.69 Å². The van der Waals surface area contributed by atoms with Crippen LogP contribution in [0.25, 0.3) is 0 Å². The molecule has 0 unspecified atom stereocenters. The Balaban J connectivity index is 1.61. The molecule has 0 radical (unpaired) electrons. The zero-order valence-corrected chi connectivity index (χ0v) is 18.5. The molecule has 0 bridgehead atoms. The van der Waals surface area contributed by atoms with E-state index in [2.05, 4.69) is 22.1 Å². The second kappa shape index (κ2) is 11.2. The van der Waals surface area contributed by atoms with Crippen molar-refractivity contribution in [3.05, 3.63) is 72.6 Å². The van der Waals surface area contributed by atoms with E-state index in [9.17, 15) is 4.79 Å². The highest BCUT2D eigenvalue weighted by Gasteiger charge is 2.15. The van der Waals surface area contributed by atoms with Gasteiger partial charge in [0.05, 0.1) is 18.0 Å². The van der Waals surface area contributed by atoms with Crippen LogP contribution in [0.3, 0.4) is 0 Å². The summed E-state index contributed by atoms with van der Waals surface area (Å²) in [5.74, 6) is 2.12.